The van der Waals surface area contributed by atoms with Gasteiger partial charge in [-0.1, -0.05) is 31.2 Å². The molecule has 0 saturated heterocycles. The zero-order valence-corrected chi connectivity index (χ0v) is 13.7. The second kappa shape index (κ2) is 7.41. The van der Waals surface area contributed by atoms with E-state index in [9.17, 15) is 0 Å². The average molecular weight is 285 g/mol. The van der Waals surface area contributed by atoms with Crippen molar-refractivity contribution in [1.82, 2.24) is 15.1 Å². The summed E-state index contributed by atoms with van der Waals surface area (Å²) in [7, 11) is 0. The first-order valence-electron chi connectivity index (χ1n) is 7.98. The quantitative estimate of drug-likeness (QED) is 0.838. The van der Waals surface area contributed by atoms with Gasteiger partial charge in [-0.2, -0.15) is 5.10 Å². The van der Waals surface area contributed by atoms with E-state index < -0.39 is 0 Å². The summed E-state index contributed by atoms with van der Waals surface area (Å²) in [6.07, 6.45) is 2.15. The highest BCUT2D eigenvalue weighted by molar-refractivity contribution is 5.28. The molecule has 2 rings (SSSR count). The first-order valence-corrected chi connectivity index (χ1v) is 7.98. The predicted molar refractivity (Wildman–Crippen MR) is 88.6 cm³/mol. The fourth-order valence-corrected chi connectivity index (χ4v) is 2.76. The molecular weight excluding hydrogens is 258 g/mol. The molecule has 1 atom stereocenters. The molecule has 2 aromatic rings. The van der Waals surface area contributed by atoms with Crippen molar-refractivity contribution in [3.63, 3.8) is 0 Å². The monoisotopic (exact) mass is 285 g/mol. The third-order valence-corrected chi connectivity index (χ3v) is 3.92. The number of nitrogens with zero attached hydrogens (tertiary/aromatic N) is 2. The van der Waals surface area contributed by atoms with Crippen LogP contribution in [0.2, 0.25) is 0 Å². The molecule has 0 fully saturated rings. The van der Waals surface area contributed by atoms with Gasteiger partial charge in [-0.25, -0.2) is 0 Å². The summed E-state index contributed by atoms with van der Waals surface area (Å²) in [4.78, 5) is 0. The Bertz CT molecular complexity index is 572. The van der Waals surface area contributed by atoms with Crippen molar-refractivity contribution in [2.45, 2.75) is 53.1 Å². The van der Waals surface area contributed by atoms with Crippen LogP contribution >= 0.6 is 0 Å². The molecule has 0 aliphatic carbocycles. The van der Waals surface area contributed by atoms with Crippen LogP contribution < -0.4 is 5.32 Å². The van der Waals surface area contributed by atoms with Crippen LogP contribution in [0.25, 0.3) is 0 Å². The number of hydrogen-bond donors (Lipinski definition) is 1. The highest BCUT2D eigenvalue weighted by Gasteiger charge is 2.17. The summed E-state index contributed by atoms with van der Waals surface area (Å²) in [6, 6.07) is 11.2. The molecule has 0 radical (unpaired) electrons. The third-order valence-electron chi connectivity index (χ3n) is 3.92. The summed E-state index contributed by atoms with van der Waals surface area (Å²) in [6.45, 7) is 10.6. The van der Waals surface area contributed by atoms with Crippen LogP contribution in [0.4, 0.5) is 0 Å². The van der Waals surface area contributed by atoms with Crippen LogP contribution in [-0.4, -0.2) is 16.3 Å². The number of aryl methyl sites for hydroxylation is 3. The Morgan fingerprint density at radius 3 is 2.62 bits per heavy atom. The van der Waals surface area contributed by atoms with Gasteiger partial charge in [0.1, 0.15) is 0 Å². The third kappa shape index (κ3) is 3.94. The Labute approximate surface area is 128 Å². The van der Waals surface area contributed by atoms with Crippen molar-refractivity contribution in [1.29, 1.82) is 0 Å². The lowest BCUT2D eigenvalue weighted by molar-refractivity contribution is 0.478. The molecule has 0 spiro atoms. The minimum Gasteiger partial charge on any atom is -0.308 e. The molecule has 1 aromatic heterocycles. The molecule has 3 heteroatoms. The maximum absolute atomic E-state index is 4.60. The second-order valence-electron chi connectivity index (χ2n) is 5.66. The molecule has 0 aliphatic heterocycles. The van der Waals surface area contributed by atoms with E-state index >= 15 is 0 Å². The molecule has 1 aromatic carbocycles. The molecule has 0 bridgehead atoms. The lowest BCUT2D eigenvalue weighted by Crippen LogP contribution is -2.26. The topological polar surface area (TPSA) is 29.9 Å². The summed E-state index contributed by atoms with van der Waals surface area (Å²) >= 11 is 0. The molecule has 114 valence electrons. The van der Waals surface area contributed by atoms with Crippen molar-refractivity contribution >= 4 is 0 Å². The van der Waals surface area contributed by atoms with Crippen molar-refractivity contribution in [3.05, 3.63) is 52.8 Å². The van der Waals surface area contributed by atoms with Gasteiger partial charge in [0.25, 0.3) is 0 Å². The molecular formula is C18H27N3. The van der Waals surface area contributed by atoms with Crippen molar-refractivity contribution in [3.8, 4) is 0 Å². The summed E-state index contributed by atoms with van der Waals surface area (Å²) < 4.78 is 2.13. The van der Waals surface area contributed by atoms with Crippen LogP contribution in [0.1, 0.15) is 48.8 Å². The Morgan fingerprint density at radius 1 is 1.19 bits per heavy atom. The van der Waals surface area contributed by atoms with Gasteiger partial charge in [0.2, 0.25) is 0 Å². The van der Waals surface area contributed by atoms with Gasteiger partial charge in [0.15, 0.2) is 0 Å². The van der Waals surface area contributed by atoms with Crippen LogP contribution in [-0.2, 0) is 13.0 Å². The van der Waals surface area contributed by atoms with Crippen molar-refractivity contribution < 1.29 is 0 Å². The lowest BCUT2D eigenvalue weighted by Gasteiger charge is -2.20. The normalized spacial score (nSPS) is 12.6. The van der Waals surface area contributed by atoms with Crippen LogP contribution in [0.5, 0.6) is 0 Å². The molecule has 1 N–H and O–H groups in total. The lowest BCUT2D eigenvalue weighted by atomic mass is 9.99. The number of nitrogens with one attached hydrogen (secondary N) is 1. The van der Waals surface area contributed by atoms with Crippen LogP contribution in [0.15, 0.2) is 30.3 Å². The molecule has 21 heavy (non-hydrogen) atoms. The van der Waals surface area contributed by atoms with Gasteiger partial charge in [-0.05, 0) is 57.4 Å². The predicted octanol–water partition coefficient (Wildman–Crippen LogP) is 3.80. The molecule has 0 aliphatic rings. The number of hydrogen-bond acceptors (Lipinski definition) is 2. The van der Waals surface area contributed by atoms with Gasteiger partial charge in [-0.15, -0.1) is 0 Å². The summed E-state index contributed by atoms with van der Waals surface area (Å²) in [5.74, 6) is 0. The Balaban J connectivity index is 2.27. The molecule has 1 heterocycles. The number of rotatable bonds is 7. The highest BCUT2D eigenvalue weighted by Crippen LogP contribution is 2.21. The van der Waals surface area contributed by atoms with Crippen LogP contribution in [0.3, 0.4) is 0 Å². The van der Waals surface area contributed by atoms with E-state index in [-0.39, 0.29) is 0 Å². The SMILES string of the molecule is CCCNC(Cc1ccccc1C)c1cc(C)nn1CC. The molecule has 3 nitrogen and oxygen atoms in total. The Morgan fingerprint density at radius 2 is 1.95 bits per heavy atom. The summed E-state index contributed by atoms with van der Waals surface area (Å²) in [5, 5.41) is 8.29. The highest BCUT2D eigenvalue weighted by atomic mass is 15.3. The summed E-state index contributed by atoms with van der Waals surface area (Å²) in [5.41, 5.74) is 5.17. The van der Waals surface area contributed by atoms with E-state index in [1.165, 1.54) is 16.8 Å². The van der Waals surface area contributed by atoms with Crippen molar-refractivity contribution in [2.75, 3.05) is 6.54 Å². The largest absolute Gasteiger partial charge is 0.308 e. The van der Waals surface area contributed by atoms with E-state index in [0.717, 1.165) is 31.6 Å². The maximum atomic E-state index is 4.60. The second-order valence-corrected chi connectivity index (χ2v) is 5.66. The molecule has 0 amide bonds. The van der Waals surface area contributed by atoms with Gasteiger partial charge < -0.3 is 5.32 Å². The average Bonchev–Trinajstić information content (AvgIpc) is 2.86. The van der Waals surface area contributed by atoms with E-state index in [1.807, 2.05) is 0 Å². The maximum Gasteiger partial charge on any atom is 0.0597 e. The number of aromatic nitrogens is 2. The van der Waals surface area contributed by atoms with E-state index in [0.29, 0.717) is 6.04 Å². The molecule has 0 saturated carbocycles. The van der Waals surface area contributed by atoms with Gasteiger partial charge >= 0.3 is 0 Å². The van der Waals surface area contributed by atoms with Gasteiger partial charge in [-0.3, -0.25) is 4.68 Å². The molecule has 1 unspecified atom stereocenters. The first-order chi connectivity index (χ1) is 10.2. The fourth-order valence-electron chi connectivity index (χ4n) is 2.76. The smallest absolute Gasteiger partial charge is 0.0597 e. The van der Waals surface area contributed by atoms with Gasteiger partial charge in [0.05, 0.1) is 17.4 Å². The Hall–Kier alpha value is -1.61. The first kappa shape index (κ1) is 15.8. The number of benzene rings is 1. The minimum atomic E-state index is 0.326. The van der Waals surface area contributed by atoms with Crippen LogP contribution in [0, 0.1) is 13.8 Å². The van der Waals surface area contributed by atoms with E-state index in [4.69, 9.17) is 0 Å². The van der Waals surface area contributed by atoms with E-state index in [2.05, 4.69) is 73.1 Å². The fraction of sp³-hybridized carbons (Fsp3) is 0.500. The zero-order valence-electron chi connectivity index (χ0n) is 13.7. The standard InChI is InChI=1S/C18H27N3/c1-5-11-19-17(13-16-10-8-7-9-14(16)3)18-12-15(4)20-21(18)6-2/h7-10,12,17,19H,5-6,11,13H2,1-4H3. The Kier molecular flexibility index (Phi) is 5.57. The zero-order chi connectivity index (χ0) is 15.2. The van der Waals surface area contributed by atoms with Crippen molar-refractivity contribution in [2.24, 2.45) is 0 Å². The minimum absolute atomic E-state index is 0.326. The van der Waals surface area contributed by atoms with E-state index in [1.54, 1.807) is 0 Å². The van der Waals surface area contributed by atoms with Gasteiger partial charge in [0, 0.05) is 6.54 Å².